The molecule has 0 aliphatic carbocycles. The van der Waals surface area contributed by atoms with Crippen LogP contribution in [0.4, 0.5) is 5.69 Å². The smallest absolute Gasteiger partial charge is 0.261 e. The van der Waals surface area contributed by atoms with Gasteiger partial charge in [0.1, 0.15) is 5.82 Å². The van der Waals surface area contributed by atoms with Gasteiger partial charge in [0, 0.05) is 18.5 Å². The number of hydrogen-bond acceptors (Lipinski definition) is 3. The van der Waals surface area contributed by atoms with Crippen LogP contribution in [0.1, 0.15) is 41.9 Å². The standard InChI is InChI=1S/C21H19Cl2N3O2/c22-15-6-5-7-16(19(15)23)25-20(27)13-9-10-14-17(12-13)24-18-8-3-1-2-4-11-26(18)21(14)28/h5-7,9-10,12H,1-4,8,11H2,(H,25,27). The number of carbonyl (C=O) groups excluding carboxylic acids is 1. The van der Waals surface area contributed by atoms with Crippen LogP contribution >= 0.6 is 23.2 Å². The molecule has 0 spiro atoms. The fraction of sp³-hybridized carbons (Fsp3) is 0.286. The molecule has 0 saturated carbocycles. The van der Waals surface area contributed by atoms with Crippen LogP contribution < -0.4 is 10.9 Å². The van der Waals surface area contributed by atoms with E-state index in [1.54, 1.807) is 41.0 Å². The normalized spacial score (nSPS) is 14.2. The van der Waals surface area contributed by atoms with Gasteiger partial charge in [-0.2, -0.15) is 0 Å². The summed E-state index contributed by atoms with van der Waals surface area (Å²) >= 11 is 12.1. The molecule has 0 fully saturated rings. The summed E-state index contributed by atoms with van der Waals surface area (Å²) in [6, 6.07) is 10.0. The van der Waals surface area contributed by atoms with Crippen molar-refractivity contribution in [1.29, 1.82) is 0 Å². The Morgan fingerprint density at radius 3 is 2.75 bits per heavy atom. The summed E-state index contributed by atoms with van der Waals surface area (Å²) in [5.41, 5.74) is 1.35. The van der Waals surface area contributed by atoms with Gasteiger partial charge in [-0.05, 0) is 43.2 Å². The lowest BCUT2D eigenvalue weighted by Crippen LogP contribution is -2.26. The number of fused-ring (bicyclic) bond motifs is 2. The SMILES string of the molecule is O=C(Nc1cccc(Cl)c1Cl)c1ccc2c(=O)n3c(nc2c1)CCCCCC3. The summed E-state index contributed by atoms with van der Waals surface area (Å²) in [7, 11) is 0. The molecule has 1 amide bonds. The van der Waals surface area contributed by atoms with Gasteiger partial charge in [0.2, 0.25) is 0 Å². The first-order valence-corrected chi connectivity index (χ1v) is 10.1. The largest absolute Gasteiger partial charge is 0.321 e. The molecular weight excluding hydrogens is 397 g/mol. The number of halogens is 2. The maximum atomic E-state index is 12.9. The Hall–Kier alpha value is -2.37. The van der Waals surface area contributed by atoms with Crippen LogP contribution in [0.15, 0.2) is 41.2 Å². The molecular formula is C21H19Cl2N3O2. The number of benzene rings is 2. The minimum atomic E-state index is -0.334. The van der Waals surface area contributed by atoms with E-state index in [9.17, 15) is 9.59 Å². The first-order chi connectivity index (χ1) is 13.5. The zero-order valence-corrected chi connectivity index (χ0v) is 16.7. The van der Waals surface area contributed by atoms with E-state index in [0.717, 1.165) is 37.9 Å². The van der Waals surface area contributed by atoms with Gasteiger partial charge in [-0.1, -0.05) is 42.1 Å². The topological polar surface area (TPSA) is 64.0 Å². The van der Waals surface area contributed by atoms with E-state index < -0.39 is 0 Å². The van der Waals surface area contributed by atoms with E-state index >= 15 is 0 Å². The summed E-state index contributed by atoms with van der Waals surface area (Å²) in [4.78, 5) is 30.3. The van der Waals surface area contributed by atoms with Gasteiger partial charge in [0.15, 0.2) is 0 Å². The summed E-state index contributed by atoms with van der Waals surface area (Å²) in [5, 5.41) is 3.95. The van der Waals surface area contributed by atoms with Crippen LogP contribution in [0.3, 0.4) is 0 Å². The number of aromatic nitrogens is 2. The molecule has 1 aliphatic heterocycles. The predicted molar refractivity (Wildman–Crippen MR) is 113 cm³/mol. The molecule has 0 saturated heterocycles. The molecule has 1 aromatic heterocycles. The monoisotopic (exact) mass is 415 g/mol. The molecule has 1 N–H and O–H groups in total. The molecule has 1 aliphatic rings. The van der Waals surface area contributed by atoms with Gasteiger partial charge < -0.3 is 5.32 Å². The molecule has 28 heavy (non-hydrogen) atoms. The van der Waals surface area contributed by atoms with E-state index in [-0.39, 0.29) is 16.5 Å². The Morgan fingerprint density at radius 2 is 1.89 bits per heavy atom. The second-order valence-corrected chi connectivity index (χ2v) is 7.72. The first-order valence-electron chi connectivity index (χ1n) is 9.33. The average Bonchev–Trinajstić information content (AvgIpc) is 2.66. The lowest BCUT2D eigenvalue weighted by Gasteiger charge is -2.16. The molecule has 2 heterocycles. The van der Waals surface area contributed by atoms with Crippen LogP contribution in [-0.4, -0.2) is 15.5 Å². The Bertz CT molecular complexity index is 1120. The maximum Gasteiger partial charge on any atom is 0.261 e. The van der Waals surface area contributed by atoms with Crippen molar-refractivity contribution in [2.45, 2.75) is 38.6 Å². The van der Waals surface area contributed by atoms with Crippen LogP contribution in [0.2, 0.25) is 10.0 Å². The molecule has 144 valence electrons. The van der Waals surface area contributed by atoms with Crippen molar-refractivity contribution in [3.63, 3.8) is 0 Å². The minimum Gasteiger partial charge on any atom is -0.321 e. The van der Waals surface area contributed by atoms with Crippen LogP contribution in [-0.2, 0) is 13.0 Å². The quantitative estimate of drug-likeness (QED) is 0.634. The number of rotatable bonds is 2. The Kier molecular flexibility index (Phi) is 5.38. The Morgan fingerprint density at radius 1 is 1.07 bits per heavy atom. The van der Waals surface area contributed by atoms with Crippen molar-refractivity contribution in [3.05, 3.63) is 68.2 Å². The van der Waals surface area contributed by atoms with E-state index in [1.807, 2.05) is 0 Å². The second-order valence-electron chi connectivity index (χ2n) is 6.94. The zero-order valence-electron chi connectivity index (χ0n) is 15.2. The van der Waals surface area contributed by atoms with Crippen molar-refractivity contribution in [1.82, 2.24) is 9.55 Å². The lowest BCUT2D eigenvalue weighted by molar-refractivity contribution is 0.102. The summed E-state index contributed by atoms with van der Waals surface area (Å²) in [5.74, 6) is 0.465. The number of amides is 1. The van der Waals surface area contributed by atoms with Crippen molar-refractivity contribution >= 4 is 45.7 Å². The van der Waals surface area contributed by atoms with Crippen LogP contribution in [0.25, 0.3) is 10.9 Å². The first kappa shape index (κ1) is 19.0. The van der Waals surface area contributed by atoms with E-state index in [2.05, 4.69) is 5.32 Å². The van der Waals surface area contributed by atoms with Crippen molar-refractivity contribution in [2.75, 3.05) is 5.32 Å². The van der Waals surface area contributed by atoms with Crippen molar-refractivity contribution < 1.29 is 4.79 Å². The van der Waals surface area contributed by atoms with Crippen LogP contribution in [0.5, 0.6) is 0 Å². The van der Waals surface area contributed by atoms with Gasteiger partial charge in [-0.25, -0.2) is 4.98 Å². The number of nitrogens with one attached hydrogen (secondary N) is 1. The number of aryl methyl sites for hydroxylation is 1. The van der Waals surface area contributed by atoms with Gasteiger partial charge in [0.25, 0.3) is 11.5 Å². The number of hydrogen-bond donors (Lipinski definition) is 1. The molecule has 0 radical (unpaired) electrons. The number of nitrogens with zero attached hydrogens (tertiary/aromatic N) is 2. The van der Waals surface area contributed by atoms with E-state index in [1.165, 1.54) is 0 Å². The highest BCUT2D eigenvalue weighted by molar-refractivity contribution is 6.44. The molecule has 0 atom stereocenters. The summed E-state index contributed by atoms with van der Waals surface area (Å²) in [6.07, 6.45) is 5.07. The fourth-order valence-electron chi connectivity index (χ4n) is 3.53. The van der Waals surface area contributed by atoms with Gasteiger partial charge in [0.05, 0.1) is 26.6 Å². The molecule has 7 heteroatoms. The predicted octanol–water partition coefficient (Wildman–Crippen LogP) is 5.07. The summed E-state index contributed by atoms with van der Waals surface area (Å²) < 4.78 is 1.78. The molecule has 2 aromatic carbocycles. The zero-order chi connectivity index (χ0) is 19.7. The molecule has 5 nitrogen and oxygen atoms in total. The van der Waals surface area contributed by atoms with Gasteiger partial charge in [-0.15, -0.1) is 0 Å². The van der Waals surface area contributed by atoms with Gasteiger partial charge >= 0.3 is 0 Å². The Labute approximate surface area is 172 Å². The highest BCUT2D eigenvalue weighted by atomic mass is 35.5. The third-order valence-corrected chi connectivity index (χ3v) is 5.85. The highest BCUT2D eigenvalue weighted by Gasteiger charge is 2.16. The lowest BCUT2D eigenvalue weighted by atomic mass is 10.1. The molecule has 3 aromatic rings. The van der Waals surface area contributed by atoms with Crippen molar-refractivity contribution in [3.8, 4) is 0 Å². The van der Waals surface area contributed by atoms with Crippen molar-refractivity contribution in [2.24, 2.45) is 0 Å². The number of anilines is 1. The maximum absolute atomic E-state index is 12.9. The van der Waals surface area contributed by atoms with E-state index in [0.29, 0.717) is 33.7 Å². The fourth-order valence-corrected chi connectivity index (χ4v) is 3.88. The average molecular weight is 416 g/mol. The summed E-state index contributed by atoms with van der Waals surface area (Å²) in [6.45, 7) is 0.701. The number of carbonyl (C=O) groups is 1. The second kappa shape index (κ2) is 7.94. The van der Waals surface area contributed by atoms with Gasteiger partial charge in [-0.3, -0.25) is 14.2 Å². The highest BCUT2D eigenvalue weighted by Crippen LogP contribution is 2.30. The molecule has 0 bridgehead atoms. The van der Waals surface area contributed by atoms with Crippen LogP contribution in [0, 0.1) is 0 Å². The third-order valence-electron chi connectivity index (χ3n) is 5.03. The molecule has 4 rings (SSSR count). The van der Waals surface area contributed by atoms with E-state index in [4.69, 9.17) is 28.2 Å². The molecule has 0 unspecified atom stereocenters. The minimum absolute atomic E-state index is 0.0354. The Balaban J connectivity index is 1.71. The third kappa shape index (κ3) is 3.64.